The number of carbonyl (C=O) groups excluding carboxylic acids is 2. The highest BCUT2D eigenvalue weighted by atomic mass is 16.6. The van der Waals surface area contributed by atoms with Gasteiger partial charge in [0.2, 0.25) is 0 Å². The van der Waals surface area contributed by atoms with Crippen molar-refractivity contribution in [3.63, 3.8) is 0 Å². The van der Waals surface area contributed by atoms with E-state index < -0.39 is 5.97 Å². The van der Waals surface area contributed by atoms with Crippen molar-refractivity contribution in [2.45, 2.75) is 20.3 Å². The summed E-state index contributed by atoms with van der Waals surface area (Å²) in [7, 11) is 0. The molecule has 0 atom stereocenters. The summed E-state index contributed by atoms with van der Waals surface area (Å²) in [6, 6.07) is 13.5. The zero-order chi connectivity index (χ0) is 17.4. The molecule has 2 rings (SSSR count). The zero-order valence-corrected chi connectivity index (χ0v) is 13.8. The molecule has 0 spiro atoms. The molecular formula is C19H20O5. The number of Topliss-reactive ketones (excluding diaryl/α,β-unsaturated/α-hetero) is 1. The summed E-state index contributed by atoms with van der Waals surface area (Å²) < 4.78 is 16.1. The summed E-state index contributed by atoms with van der Waals surface area (Å²) in [5.41, 5.74) is 0.565. The Morgan fingerprint density at radius 3 is 2.21 bits per heavy atom. The van der Waals surface area contributed by atoms with Crippen LogP contribution >= 0.6 is 0 Å². The van der Waals surface area contributed by atoms with Gasteiger partial charge in [-0.25, -0.2) is 4.79 Å². The molecule has 0 unspecified atom stereocenters. The van der Waals surface area contributed by atoms with Crippen molar-refractivity contribution in [2.75, 3.05) is 13.2 Å². The number of esters is 1. The number of rotatable bonds is 8. The number of carbonyl (C=O) groups is 2. The monoisotopic (exact) mass is 328 g/mol. The molecule has 0 aliphatic carbocycles. The molecule has 2 aromatic carbocycles. The molecule has 5 nitrogen and oxygen atoms in total. The van der Waals surface area contributed by atoms with Crippen LogP contribution in [0.15, 0.2) is 48.5 Å². The first-order valence-electron chi connectivity index (χ1n) is 7.76. The maximum absolute atomic E-state index is 11.8. The average Bonchev–Trinajstić information content (AvgIpc) is 2.59. The van der Waals surface area contributed by atoms with Crippen LogP contribution in [-0.4, -0.2) is 25.0 Å². The topological polar surface area (TPSA) is 61.8 Å². The van der Waals surface area contributed by atoms with E-state index in [1.807, 2.05) is 13.0 Å². The van der Waals surface area contributed by atoms with Crippen LogP contribution in [0.1, 0.15) is 30.6 Å². The van der Waals surface area contributed by atoms with E-state index in [0.717, 1.165) is 6.42 Å². The Morgan fingerprint density at radius 1 is 0.917 bits per heavy atom. The summed E-state index contributed by atoms with van der Waals surface area (Å²) in [6.45, 7) is 3.92. The molecule has 0 fully saturated rings. The van der Waals surface area contributed by atoms with Gasteiger partial charge in [-0.2, -0.15) is 0 Å². The fraction of sp³-hybridized carbons (Fsp3) is 0.263. The minimum absolute atomic E-state index is 0.0404. The lowest BCUT2D eigenvalue weighted by Gasteiger charge is -2.09. The van der Waals surface area contributed by atoms with Crippen molar-refractivity contribution in [3.8, 4) is 17.2 Å². The normalized spacial score (nSPS) is 10.1. The second kappa shape index (κ2) is 8.72. The van der Waals surface area contributed by atoms with Gasteiger partial charge in [0.25, 0.3) is 0 Å². The van der Waals surface area contributed by atoms with E-state index in [-0.39, 0.29) is 12.4 Å². The molecule has 0 aliphatic rings. The van der Waals surface area contributed by atoms with Gasteiger partial charge in [-0.05, 0) is 49.7 Å². The van der Waals surface area contributed by atoms with E-state index in [0.29, 0.717) is 29.4 Å². The third-order valence-electron chi connectivity index (χ3n) is 3.13. The van der Waals surface area contributed by atoms with E-state index in [1.54, 1.807) is 42.5 Å². The van der Waals surface area contributed by atoms with Gasteiger partial charge in [0.05, 0.1) is 6.61 Å². The number of hydrogen-bond acceptors (Lipinski definition) is 5. The fourth-order valence-corrected chi connectivity index (χ4v) is 1.93. The van der Waals surface area contributed by atoms with Gasteiger partial charge in [-0.15, -0.1) is 0 Å². The molecule has 0 radical (unpaired) electrons. The SMILES string of the molecule is CCCOc1cccc(OCC(=O)Oc2ccc(C(C)=O)cc2)c1. The van der Waals surface area contributed by atoms with E-state index in [2.05, 4.69) is 0 Å². The molecule has 0 aromatic heterocycles. The van der Waals surface area contributed by atoms with E-state index in [1.165, 1.54) is 6.92 Å². The molecule has 0 heterocycles. The highest BCUT2D eigenvalue weighted by molar-refractivity contribution is 5.94. The molecule has 0 saturated carbocycles. The second-order valence-corrected chi connectivity index (χ2v) is 5.17. The van der Waals surface area contributed by atoms with Crippen LogP contribution in [0.25, 0.3) is 0 Å². The van der Waals surface area contributed by atoms with E-state index in [4.69, 9.17) is 14.2 Å². The summed E-state index contributed by atoms with van der Waals surface area (Å²) in [5.74, 6) is 1.04. The van der Waals surface area contributed by atoms with Gasteiger partial charge in [-0.1, -0.05) is 13.0 Å². The largest absolute Gasteiger partial charge is 0.493 e. The first kappa shape index (κ1) is 17.5. The minimum Gasteiger partial charge on any atom is -0.493 e. The Balaban J connectivity index is 1.85. The third kappa shape index (κ3) is 5.43. The lowest BCUT2D eigenvalue weighted by Crippen LogP contribution is -2.17. The number of ketones is 1. The van der Waals surface area contributed by atoms with Gasteiger partial charge in [0, 0.05) is 11.6 Å². The molecule has 24 heavy (non-hydrogen) atoms. The van der Waals surface area contributed by atoms with Crippen LogP contribution in [0.3, 0.4) is 0 Å². The Bertz CT molecular complexity index is 691. The number of benzene rings is 2. The third-order valence-corrected chi connectivity index (χ3v) is 3.13. The Morgan fingerprint density at radius 2 is 1.58 bits per heavy atom. The molecular weight excluding hydrogens is 308 g/mol. The molecule has 0 N–H and O–H groups in total. The standard InChI is InChI=1S/C19H20O5/c1-3-11-22-17-5-4-6-18(12-17)23-13-19(21)24-16-9-7-15(8-10-16)14(2)20/h4-10,12H,3,11,13H2,1-2H3. The van der Waals surface area contributed by atoms with Gasteiger partial charge < -0.3 is 14.2 Å². The van der Waals surface area contributed by atoms with Crippen LogP contribution < -0.4 is 14.2 Å². The summed E-state index contributed by atoms with van der Waals surface area (Å²) in [4.78, 5) is 23.0. The quantitative estimate of drug-likeness (QED) is 0.420. The van der Waals surface area contributed by atoms with Gasteiger partial charge >= 0.3 is 5.97 Å². The molecule has 5 heteroatoms. The maximum Gasteiger partial charge on any atom is 0.349 e. The average molecular weight is 328 g/mol. The Hall–Kier alpha value is -2.82. The molecule has 0 aliphatic heterocycles. The molecule has 126 valence electrons. The Kier molecular flexibility index (Phi) is 6.37. The lowest BCUT2D eigenvalue weighted by molar-refractivity contribution is -0.136. The van der Waals surface area contributed by atoms with Gasteiger partial charge in [0.1, 0.15) is 17.2 Å². The van der Waals surface area contributed by atoms with E-state index in [9.17, 15) is 9.59 Å². The fourth-order valence-electron chi connectivity index (χ4n) is 1.93. The van der Waals surface area contributed by atoms with Crippen molar-refractivity contribution in [1.82, 2.24) is 0 Å². The predicted octanol–water partition coefficient (Wildman–Crippen LogP) is 3.66. The second-order valence-electron chi connectivity index (χ2n) is 5.17. The van der Waals surface area contributed by atoms with Crippen molar-refractivity contribution in [1.29, 1.82) is 0 Å². The van der Waals surface area contributed by atoms with Crippen molar-refractivity contribution in [3.05, 3.63) is 54.1 Å². The van der Waals surface area contributed by atoms with Crippen LogP contribution in [0, 0.1) is 0 Å². The maximum atomic E-state index is 11.8. The first-order chi connectivity index (χ1) is 11.6. The van der Waals surface area contributed by atoms with E-state index >= 15 is 0 Å². The molecule has 0 saturated heterocycles. The smallest absolute Gasteiger partial charge is 0.349 e. The first-order valence-corrected chi connectivity index (χ1v) is 7.76. The van der Waals surface area contributed by atoms with Crippen molar-refractivity contribution >= 4 is 11.8 Å². The van der Waals surface area contributed by atoms with Crippen LogP contribution in [-0.2, 0) is 4.79 Å². The molecule has 0 amide bonds. The van der Waals surface area contributed by atoms with Gasteiger partial charge in [0.15, 0.2) is 12.4 Å². The molecule has 2 aromatic rings. The van der Waals surface area contributed by atoms with Crippen molar-refractivity contribution < 1.29 is 23.8 Å². The zero-order valence-electron chi connectivity index (χ0n) is 13.8. The predicted molar refractivity (Wildman–Crippen MR) is 89.8 cm³/mol. The Labute approximate surface area is 141 Å². The summed E-state index contributed by atoms with van der Waals surface area (Å²) in [5, 5.41) is 0. The van der Waals surface area contributed by atoms with Gasteiger partial charge in [-0.3, -0.25) is 4.79 Å². The number of hydrogen-bond donors (Lipinski definition) is 0. The number of ether oxygens (including phenoxy) is 3. The van der Waals surface area contributed by atoms with Crippen LogP contribution in [0.4, 0.5) is 0 Å². The summed E-state index contributed by atoms with van der Waals surface area (Å²) >= 11 is 0. The highest BCUT2D eigenvalue weighted by Crippen LogP contribution is 2.20. The van der Waals surface area contributed by atoms with Crippen molar-refractivity contribution in [2.24, 2.45) is 0 Å². The molecule has 0 bridgehead atoms. The minimum atomic E-state index is -0.523. The summed E-state index contributed by atoms with van der Waals surface area (Å²) in [6.07, 6.45) is 0.916. The van der Waals surface area contributed by atoms with Crippen LogP contribution in [0.5, 0.6) is 17.2 Å². The highest BCUT2D eigenvalue weighted by Gasteiger charge is 2.08. The lowest BCUT2D eigenvalue weighted by atomic mass is 10.1. The van der Waals surface area contributed by atoms with Crippen LogP contribution in [0.2, 0.25) is 0 Å².